The largest absolute Gasteiger partial charge is 0.387 e. The topological polar surface area (TPSA) is 75.9 Å². The van der Waals surface area contributed by atoms with Crippen LogP contribution in [0.1, 0.15) is 23.1 Å². The Balaban J connectivity index is 1.54. The van der Waals surface area contributed by atoms with Gasteiger partial charge in [0, 0.05) is 6.54 Å². The molecule has 6 nitrogen and oxygen atoms in total. The van der Waals surface area contributed by atoms with Gasteiger partial charge in [-0.25, -0.2) is 4.68 Å². The molecule has 2 N–H and O–H groups in total. The van der Waals surface area contributed by atoms with Crippen LogP contribution in [0.25, 0.3) is 0 Å². The lowest BCUT2D eigenvalue weighted by Gasteiger charge is -2.12. The molecule has 0 radical (unpaired) electrons. The summed E-state index contributed by atoms with van der Waals surface area (Å²) < 4.78 is 1.76. The van der Waals surface area contributed by atoms with E-state index < -0.39 is 6.10 Å². The van der Waals surface area contributed by atoms with Crippen molar-refractivity contribution in [2.24, 2.45) is 0 Å². The number of tetrazole rings is 1. The van der Waals surface area contributed by atoms with Gasteiger partial charge in [0.25, 0.3) is 0 Å². The van der Waals surface area contributed by atoms with E-state index in [0.29, 0.717) is 19.6 Å². The van der Waals surface area contributed by atoms with Crippen LogP contribution in [0, 0.1) is 0 Å². The summed E-state index contributed by atoms with van der Waals surface area (Å²) in [6, 6.07) is 19.6. The zero-order valence-electron chi connectivity index (χ0n) is 12.7. The third kappa shape index (κ3) is 4.21. The van der Waals surface area contributed by atoms with Crippen molar-refractivity contribution in [3.8, 4) is 0 Å². The molecule has 2 aromatic carbocycles. The minimum absolute atomic E-state index is 0.447. The summed E-state index contributed by atoms with van der Waals surface area (Å²) in [5.41, 5.74) is 2.04. The summed E-state index contributed by atoms with van der Waals surface area (Å²) >= 11 is 0. The van der Waals surface area contributed by atoms with Crippen molar-refractivity contribution in [2.45, 2.75) is 19.2 Å². The Hall–Kier alpha value is -2.57. The fraction of sp³-hybridized carbons (Fsp3) is 0.235. The monoisotopic (exact) mass is 309 g/mol. The van der Waals surface area contributed by atoms with Gasteiger partial charge in [0.05, 0.1) is 19.2 Å². The van der Waals surface area contributed by atoms with E-state index in [1.165, 1.54) is 0 Å². The second kappa shape index (κ2) is 7.62. The smallest absolute Gasteiger partial charge is 0.165 e. The van der Waals surface area contributed by atoms with Gasteiger partial charge in [0.1, 0.15) is 0 Å². The third-order valence-corrected chi connectivity index (χ3v) is 3.59. The van der Waals surface area contributed by atoms with E-state index in [1.807, 2.05) is 60.7 Å². The summed E-state index contributed by atoms with van der Waals surface area (Å²) in [5.74, 6) is 0.745. The van der Waals surface area contributed by atoms with Gasteiger partial charge in [0.15, 0.2) is 5.82 Å². The van der Waals surface area contributed by atoms with Gasteiger partial charge in [-0.3, -0.25) is 0 Å². The maximum atomic E-state index is 10.1. The van der Waals surface area contributed by atoms with Crippen molar-refractivity contribution >= 4 is 0 Å². The molecule has 0 bridgehead atoms. The maximum absolute atomic E-state index is 10.1. The Morgan fingerprint density at radius 2 is 1.70 bits per heavy atom. The van der Waals surface area contributed by atoms with Crippen molar-refractivity contribution in [2.75, 3.05) is 6.54 Å². The first-order chi connectivity index (χ1) is 11.3. The number of nitrogens with one attached hydrogen (secondary N) is 1. The molecule has 1 aromatic heterocycles. The molecule has 0 aliphatic rings. The van der Waals surface area contributed by atoms with Crippen LogP contribution in [0.4, 0.5) is 0 Å². The van der Waals surface area contributed by atoms with E-state index in [-0.39, 0.29) is 0 Å². The molecule has 118 valence electrons. The van der Waals surface area contributed by atoms with E-state index in [9.17, 15) is 5.11 Å². The minimum Gasteiger partial charge on any atom is -0.387 e. The van der Waals surface area contributed by atoms with Crippen LogP contribution in [0.5, 0.6) is 0 Å². The average Bonchev–Trinajstić information content (AvgIpc) is 3.03. The van der Waals surface area contributed by atoms with Gasteiger partial charge in [-0.15, -0.1) is 5.10 Å². The summed E-state index contributed by atoms with van der Waals surface area (Å²) in [6.07, 6.45) is -0.547. The zero-order valence-corrected chi connectivity index (χ0v) is 12.7. The predicted octanol–water partition coefficient (Wildman–Crippen LogP) is 1.54. The number of benzene rings is 2. The number of aliphatic hydroxyl groups excluding tert-OH is 1. The van der Waals surface area contributed by atoms with Gasteiger partial charge in [-0.1, -0.05) is 60.7 Å². The summed E-state index contributed by atoms with van der Waals surface area (Å²) in [4.78, 5) is 0. The minimum atomic E-state index is -0.547. The highest BCUT2D eigenvalue weighted by molar-refractivity contribution is 5.17. The van der Waals surface area contributed by atoms with Crippen LogP contribution in [0.2, 0.25) is 0 Å². The highest BCUT2D eigenvalue weighted by Gasteiger charge is 2.09. The Bertz CT molecular complexity index is 714. The van der Waals surface area contributed by atoms with Crippen LogP contribution in [0.3, 0.4) is 0 Å². The predicted molar refractivity (Wildman–Crippen MR) is 86.5 cm³/mol. The van der Waals surface area contributed by atoms with Gasteiger partial charge in [-0.05, 0) is 21.6 Å². The second-order valence-electron chi connectivity index (χ2n) is 5.30. The standard InChI is InChI=1S/C17H19N5O/c23-16(15-9-5-2-6-10-15)11-18-12-17-19-20-21-22(17)13-14-7-3-1-4-8-14/h1-10,16,18,23H,11-13H2. The van der Waals surface area contributed by atoms with E-state index in [4.69, 9.17) is 0 Å². The van der Waals surface area contributed by atoms with Gasteiger partial charge < -0.3 is 10.4 Å². The Kier molecular flexibility index (Phi) is 5.08. The van der Waals surface area contributed by atoms with E-state index in [1.54, 1.807) is 4.68 Å². The average molecular weight is 309 g/mol. The number of rotatable bonds is 7. The maximum Gasteiger partial charge on any atom is 0.165 e. The van der Waals surface area contributed by atoms with Crippen molar-refractivity contribution in [1.29, 1.82) is 0 Å². The van der Waals surface area contributed by atoms with E-state index in [0.717, 1.165) is 17.0 Å². The lowest BCUT2D eigenvalue weighted by molar-refractivity contribution is 0.174. The quantitative estimate of drug-likeness (QED) is 0.692. The van der Waals surface area contributed by atoms with E-state index >= 15 is 0 Å². The van der Waals surface area contributed by atoms with Crippen LogP contribution >= 0.6 is 0 Å². The molecule has 0 amide bonds. The lowest BCUT2D eigenvalue weighted by Crippen LogP contribution is -2.23. The molecule has 0 fully saturated rings. The molecule has 3 rings (SSSR count). The molecule has 1 unspecified atom stereocenters. The van der Waals surface area contributed by atoms with Gasteiger partial charge >= 0.3 is 0 Å². The first-order valence-corrected chi connectivity index (χ1v) is 7.55. The van der Waals surface area contributed by atoms with Gasteiger partial charge in [-0.2, -0.15) is 0 Å². The molecular weight excluding hydrogens is 290 g/mol. The summed E-state index contributed by atoms with van der Waals surface area (Å²) in [6.45, 7) is 1.58. The third-order valence-electron chi connectivity index (χ3n) is 3.59. The highest BCUT2D eigenvalue weighted by Crippen LogP contribution is 2.10. The molecule has 3 aromatic rings. The van der Waals surface area contributed by atoms with Crippen LogP contribution in [0.15, 0.2) is 60.7 Å². The van der Waals surface area contributed by atoms with E-state index in [2.05, 4.69) is 20.8 Å². The molecule has 0 aliphatic heterocycles. The highest BCUT2D eigenvalue weighted by atomic mass is 16.3. The van der Waals surface area contributed by atoms with Crippen LogP contribution in [-0.2, 0) is 13.1 Å². The Labute approximate surface area is 134 Å². The van der Waals surface area contributed by atoms with Crippen molar-refractivity contribution in [1.82, 2.24) is 25.5 Å². The summed E-state index contributed by atoms with van der Waals surface area (Å²) in [5, 5.41) is 25.1. The number of aromatic nitrogens is 4. The molecule has 1 atom stereocenters. The van der Waals surface area contributed by atoms with Crippen molar-refractivity contribution < 1.29 is 5.11 Å². The van der Waals surface area contributed by atoms with Crippen LogP contribution in [-0.4, -0.2) is 31.9 Å². The fourth-order valence-electron chi connectivity index (χ4n) is 2.34. The Morgan fingerprint density at radius 3 is 2.43 bits per heavy atom. The second-order valence-corrected chi connectivity index (χ2v) is 5.30. The zero-order chi connectivity index (χ0) is 15.9. The van der Waals surface area contributed by atoms with Crippen LogP contribution < -0.4 is 5.32 Å². The first-order valence-electron chi connectivity index (χ1n) is 7.55. The summed E-state index contributed by atoms with van der Waals surface area (Å²) in [7, 11) is 0. The molecule has 0 saturated heterocycles. The number of hydrogen-bond donors (Lipinski definition) is 2. The molecule has 0 aliphatic carbocycles. The number of aliphatic hydroxyl groups is 1. The first kappa shape index (κ1) is 15.3. The van der Waals surface area contributed by atoms with Crippen molar-refractivity contribution in [3.63, 3.8) is 0 Å². The molecule has 6 heteroatoms. The SMILES string of the molecule is OC(CNCc1nnnn1Cc1ccccc1)c1ccccc1. The Morgan fingerprint density at radius 1 is 1.00 bits per heavy atom. The van der Waals surface area contributed by atoms with Gasteiger partial charge in [0.2, 0.25) is 0 Å². The molecule has 1 heterocycles. The molecule has 23 heavy (non-hydrogen) atoms. The molecule has 0 spiro atoms. The number of hydrogen-bond acceptors (Lipinski definition) is 5. The lowest BCUT2D eigenvalue weighted by atomic mass is 10.1. The normalized spacial score (nSPS) is 12.2. The number of nitrogens with zero attached hydrogens (tertiary/aromatic N) is 4. The fourth-order valence-corrected chi connectivity index (χ4v) is 2.34. The molecular formula is C17H19N5O. The molecule has 0 saturated carbocycles. The van der Waals surface area contributed by atoms with Crippen molar-refractivity contribution in [3.05, 3.63) is 77.6 Å².